The summed E-state index contributed by atoms with van der Waals surface area (Å²) in [5.74, 6) is 5.40. The van der Waals surface area contributed by atoms with E-state index < -0.39 is 17.4 Å². The molecule has 0 spiro atoms. The quantitative estimate of drug-likeness (QED) is 0.120. The van der Waals surface area contributed by atoms with E-state index in [2.05, 4.69) is 222 Å². The molecular formula is C82H78SiZr. The molecule has 84 heavy (non-hydrogen) atoms. The molecule has 10 aromatic carbocycles. The fraction of sp³-hybridized carbons (Fsp3) is 0.317. The van der Waals surface area contributed by atoms with Crippen LogP contribution < -0.4 is 0 Å². The van der Waals surface area contributed by atoms with Gasteiger partial charge in [-0.2, -0.15) is 0 Å². The van der Waals surface area contributed by atoms with Gasteiger partial charge in [0.05, 0.1) is 0 Å². The maximum absolute atomic E-state index is 4.69. The standard InChI is InChI=1S/2C40H35.2CH3.H2Si.Zr/c2*1-3-11-32-30(7-1)9-5-13-34(32)36-15-16-37(35-14-6-10-31-8-2-4-12-33(31)35)39-21-29(20-38(36)39)25-40-22-26-17-27(23-40)19-28(18-26)24-40;;;;/h2*1-16,20-21,26-28H,17-19,22-25H2;2*1H3;1H2;. The van der Waals surface area contributed by atoms with Crippen LogP contribution in [0.4, 0.5) is 0 Å². The minimum atomic E-state index is -4.69. The van der Waals surface area contributed by atoms with Crippen molar-refractivity contribution in [3.63, 3.8) is 0 Å². The van der Waals surface area contributed by atoms with Gasteiger partial charge in [0.1, 0.15) is 0 Å². The number of rotatable bonds is 10. The molecule has 0 amide bonds. The Balaban J connectivity index is 0.941. The van der Waals surface area contributed by atoms with Crippen LogP contribution in [0.2, 0.25) is 9.26 Å². The van der Waals surface area contributed by atoms with Crippen LogP contribution in [0.15, 0.2) is 205 Å². The molecule has 8 fully saturated rings. The first kappa shape index (κ1) is 51.1. The average Bonchev–Trinajstić information content (AvgIpc) is 1.50. The first-order valence-corrected chi connectivity index (χ1v) is 46.4. The molecule has 0 nitrogen and oxygen atoms in total. The van der Waals surface area contributed by atoms with Crippen molar-refractivity contribution in [1.29, 1.82) is 0 Å². The van der Waals surface area contributed by atoms with Crippen LogP contribution in [0.3, 0.4) is 0 Å². The minimum absolute atomic E-state index is 0.342. The Morgan fingerprint density at radius 1 is 0.321 bits per heavy atom. The third kappa shape index (κ3) is 7.90. The summed E-state index contributed by atoms with van der Waals surface area (Å²) in [5, 5.41) is 10.8. The summed E-state index contributed by atoms with van der Waals surface area (Å²) in [6.45, 7) is 2.67. The van der Waals surface area contributed by atoms with Gasteiger partial charge >= 0.3 is 504 Å². The van der Waals surface area contributed by atoms with Crippen molar-refractivity contribution >= 4 is 62.1 Å². The summed E-state index contributed by atoms with van der Waals surface area (Å²) in [4.78, 5) is 0. The fourth-order valence-corrected chi connectivity index (χ4v) is 41.8. The molecule has 10 aliphatic carbocycles. The summed E-state index contributed by atoms with van der Waals surface area (Å²) >= 11 is -4.69. The van der Waals surface area contributed by atoms with Crippen LogP contribution in [0.1, 0.15) is 119 Å². The van der Waals surface area contributed by atoms with Gasteiger partial charge < -0.3 is 0 Å². The van der Waals surface area contributed by atoms with Gasteiger partial charge in [-0.1, -0.05) is 0 Å². The van der Waals surface area contributed by atoms with E-state index in [0.29, 0.717) is 18.1 Å². The SMILES string of the molecule is [CH3][Zr]([CH3])(=[SiH2])([CH]1C(CC23CC4CC(CC(C4)C2)C3)=Cc2c(-c3cccc4ccccc34)ccc(-c3cccc4ccccc34)c21)[CH]1C(CC23CC4CC(CC(C4)C2)C3)=Cc2c(-c3cccc4ccccc34)ccc(-c3cccc4ccccc34)c21. The van der Waals surface area contributed by atoms with Crippen molar-refractivity contribution in [1.82, 2.24) is 0 Å². The molecule has 20 rings (SSSR count). The van der Waals surface area contributed by atoms with Crippen molar-refractivity contribution in [3.8, 4) is 44.5 Å². The monoisotopic (exact) mass is 1180 g/mol. The molecular weight excluding hydrogens is 1100 g/mol. The van der Waals surface area contributed by atoms with Crippen molar-refractivity contribution < 1.29 is 17.4 Å². The number of allylic oxidation sites excluding steroid dienone is 2. The van der Waals surface area contributed by atoms with Gasteiger partial charge in [0.15, 0.2) is 0 Å². The summed E-state index contributed by atoms with van der Waals surface area (Å²) in [7, 11) is 0. The number of hydrogen-bond acceptors (Lipinski definition) is 0. The third-order valence-electron chi connectivity index (χ3n) is 24.3. The molecule has 0 aromatic heterocycles. The van der Waals surface area contributed by atoms with Crippen LogP contribution in [0.25, 0.3) is 99.7 Å². The molecule has 0 heterocycles. The molecule has 414 valence electrons. The summed E-state index contributed by atoms with van der Waals surface area (Å²) < 4.78 is 6.79. The molecule has 2 unspecified atom stereocenters. The van der Waals surface area contributed by atoms with Gasteiger partial charge in [0, 0.05) is 0 Å². The number of benzene rings is 10. The Bertz CT molecular complexity index is 4200. The van der Waals surface area contributed by atoms with E-state index in [1.165, 1.54) is 189 Å². The zero-order chi connectivity index (χ0) is 55.7. The van der Waals surface area contributed by atoms with E-state index in [-0.39, 0.29) is 0 Å². The first-order valence-electron chi connectivity index (χ1n) is 32.7. The maximum atomic E-state index is 3.05. The van der Waals surface area contributed by atoms with E-state index in [9.17, 15) is 0 Å². The van der Waals surface area contributed by atoms with Crippen LogP contribution in [-0.4, -0.2) is 6.88 Å². The van der Waals surface area contributed by atoms with Crippen LogP contribution >= 0.6 is 0 Å². The van der Waals surface area contributed by atoms with E-state index in [0.717, 1.165) is 35.5 Å². The Kier molecular flexibility index (Phi) is 11.3. The van der Waals surface area contributed by atoms with Crippen LogP contribution in [0, 0.1) is 46.3 Å². The second kappa shape index (κ2) is 18.7. The van der Waals surface area contributed by atoms with E-state index >= 15 is 0 Å². The van der Waals surface area contributed by atoms with Gasteiger partial charge in [-0.05, 0) is 0 Å². The van der Waals surface area contributed by atoms with Gasteiger partial charge in [-0.25, -0.2) is 0 Å². The number of hydrogen-bond donors (Lipinski definition) is 0. The normalized spacial score (nSPS) is 28.1. The summed E-state index contributed by atoms with van der Waals surface area (Å²) in [6.07, 6.45) is 25.8. The van der Waals surface area contributed by atoms with Crippen molar-refractivity contribution in [2.75, 3.05) is 0 Å². The second-order valence-corrected chi connectivity index (χ2v) is 61.0. The molecule has 2 heteroatoms. The number of fused-ring (bicyclic) bond motifs is 6. The van der Waals surface area contributed by atoms with Gasteiger partial charge in [0.2, 0.25) is 0 Å². The van der Waals surface area contributed by atoms with Crippen molar-refractivity contribution in [2.24, 2.45) is 46.3 Å². The molecule has 0 aliphatic heterocycles. The van der Waals surface area contributed by atoms with E-state index in [1.54, 1.807) is 11.1 Å². The van der Waals surface area contributed by atoms with Gasteiger partial charge in [-0.15, -0.1) is 0 Å². The van der Waals surface area contributed by atoms with Crippen molar-refractivity contribution in [3.05, 3.63) is 228 Å². The molecule has 2 atom stereocenters. The molecule has 8 bridgehead atoms. The Hall–Kier alpha value is -6.18. The fourth-order valence-electron chi connectivity index (χ4n) is 22.4. The Morgan fingerprint density at radius 3 is 0.893 bits per heavy atom. The zero-order valence-corrected chi connectivity index (χ0v) is 53.2. The third-order valence-corrected chi connectivity index (χ3v) is 41.7. The molecule has 10 aromatic rings. The molecule has 0 radical (unpaired) electrons. The molecule has 0 N–H and O–H groups in total. The second-order valence-electron chi connectivity index (χ2n) is 30.5. The van der Waals surface area contributed by atoms with Gasteiger partial charge in [0.25, 0.3) is 0 Å². The first-order chi connectivity index (χ1) is 41.0. The molecule has 10 aliphatic rings. The summed E-state index contributed by atoms with van der Waals surface area (Å²) in [6, 6.07) is 76.1. The molecule has 8 saturated carbocycles. The van der Waals surface area contributed by atoms with Crippen molar-refractivity contribution in [2.45, 2.75) is 106 Å². The van der Waals surface area contributed by atoms with Gasteiger partial charge in [-0.3, -0.25) is 0 Å². The predicted molar refractivity (Wildman–Crippen MR) is 357 cm³/mol. The average molecular weight is 1180 g/mol. The predicted octanol–water partition coefficient (Wildman–Crippen LogP) is 22.1. The van der Waals surface area contributed by atoms with Crippen LogP contribution in [0.5, 0.6) is 0 Å². The molecule has 0 saturated heterocycles. The van der Waals surface area contributed by atoms with Crippen LogP contribution in [-0.2, 0) is 17.4 Å². The zero-order valence-electron chi connectivity index (χ0n) is 49.4. The van der Waals surface area contributed by atoms with E-state index in [1.807, 2.05) is 11.1 Å². The van der Waals surface area contributed by atoms with E-state index in [4.69, 9.17) is 0 Å². The Morgan fingerprint density at radius 2 is 0.583 bits per heavy atom. The summed E-state index contributed by atoms with van der Waals surface area (Å²) in [5.41, 5.74) is 22.2. The Labute approximate surface area is 500 Å². The topological polar surface area (TPSA) is 0 Å².